The molecule has 0 aliphatic carbocycles. The summed E-state index contributed by atoms with van der Waals surface area (Å²) < 4.78 is 4.95. The van der Waals surface area contributed by atoms with Crippen LogP contribution in [0.2, 0.25) is 0 Å². The van der Waals surface area contributed by atoms with Crippen molar-refractivity contribution in [3.63, 3.8) is 0 Å². The molecule has 1 amide bonds. The highest BCUT2D eigenvalue weighted by Crippen LogP contribution is 2.23. The van der Waals surface area contributed by atoms with E-state index >= 15 is 0 Å². The van der Waals surface area contributed by atoms with Crippen molar-refractivity contribution in [3.8, 4) is 0 Å². The molecule has 0 saturated heterocycles. The summed E-state index contributed by atoms with van der Waals surface area (Å²) in [5.41, 5.74) is 4.43. The number of benzene rings is 1. The van der Waals surface area contributed by atoms with Gasteiger partial charge >= 0.3 is 5.97 Å². The molecule has 2 heterocycles. The zero-order chi connectivity index (χ0) is 16.9. The molecule has 24 heavy (non-hydrogen) atoms. The highest BCUT2D eigenvalue weighted by atomic mass is 32.1. The Balaban J connectivity index is 1.57. The van der Waals surface area contributed by atoms with Crippen molar-refractivity contribution < 1.29 is 19.1 Å². The number of hydrogen-bond acceptors (Lipinski definition) is 6. The summed E-state index contributed by atoms with van der Waals surface area (Å²) in [6.07, 6.45) is 3.77. The van der Waals surface area contributed by atoms with Crippen LogP contribution in [-0.2, 0) is 20.7 Å². The molecule has 6 nitrogen and oxygen atoms in total. The first-order chi connectivity index (χ1) is 11.6. The minimum atomic E-state index is -0.596. The van der Waals surface area contributed by atoms with Crippen LogP contribution in [0.5, 0.6) is 0 Å². The lowest BCUT2D eigenvalue weighted by atomic mass is 9.99. The van der Waals surface area contributed by atoms with Crippen molar-refractivity contribution in [1.29, 1.82) is 0 Å². The van der Waals surface area contributed by atoms with Crippen LogP contribution >= 0.6 is 11.3 Å². The van der Waals surface area contributed by atoms with Gasteiger partial charge in [0, 0.05) is 29.1 Å². The van der Waals surface area contributed by atoms with E-state index in [9.17, 15) is 14.4 Å². The average Bonchev–Trinajstić information content (AvgIpc) is 3.11. The molecule has 0 radical (unpaired) electrons. The van der Waals surface area contributed by atoms with Crippen molar-refractivity contribution in [2.45, 2.75) is 12.8 Å². The number of thiazole rings is 1. The van der Waals surface area contributed by atoms with Gasteiger partial charge in [0.05, 0.1) is 11.2 Å². The molecule has 0 fully saturated rings. The number of amides is 1. The van der Waals surface area contributed by atoms with Gasteiger partial charge in [-0.1, -0.05) is 0 Å². The minimum absolute atomic E-state index is 0.0256. The number of aryl methyl sites for hydroxylation is 1. The number of carbonyl (C=O) groups excluding carboxylic acids is 3. The molecule has 122 valence electrons. The number of anilines is 1. The third-order valence-electron chi connectivity index (χ3n) is 3.51. The standard InChI is InChI=1S/C17H14N2O4S/c20-15(8-23-17(22)6-3-13-9-24-10-18-13)12-1-4-14-11(7-12)2-5-16(21)19-14/h1,3-4,6-7,9-10H,2,5,8H2,(H,19,21)/b6-3+. The van der Waals surface area contributed by atoms with E-state index < -0.39 is 5.97 Å². The van der Waals surface area contributed by atoms with Gasteiger partial charge in [-0.25, -0.2) is 9.78 Å². The molecule has 1 aromatic heterocycles. The largest absolute Gasteiger partial charge is 0.454 e. The first-order valence-corrected chi connectivity index (χ1v) is 8.25. The van der Waals surface area contributed by atoms with Crippen molar-refractivity contribution in [3.05, 3.63) is 52.0 Å². The molecule has 1 aliphatic heterocycles. The normalized spacial score (nSPS) is 13.4. The quantitative estimate of drug-likeness (QED) is 0.512. The minimum Gasteiger partial charge on any atom is -0.454 e. The second kappa shape index (κ2) is 7.18. The Morgan fingerprint density at radius 1 is 1.33 bits per heavy atom. The Bertz CT molecular complexity index is 812. The number of ether oxygens (including phenoxy) is 1. The van der Waals surface area contributed by atoms with E-state index in [2.05, 4.69) is 10.3 Å². The lowest BCUT2D eigenvalue weighted by Crippen LogP contribution is -2.20. The fourth-order valence-electron chi connectivity index (χ4n) is 2.28. The number of fused-ring (bicyclic) bond motifs is 1. The molecule has 0 bridgehead atoms. The van der Waals surface area contributed by atoms with Gasteiger partial charge in [-0.2, -0.15) is 0 Å². The van der Waals surface area contributed by atoms with Gasteiger partial charge < -0.3 is 10.1 Å². The van der Waals surface area contributed by atoms with E-state index in [1.807, 2.05) is 0 Å². The van der Waals surface area contributed by atoms with Gasteiger partial charge in [0.25, 0.3) is 0 Å². The Hall–Kier alpha value is -2.80. The van der Waals surface area contributed by atoms with Crippen LogP contribution in [0.3, 0.4) is 0 Å². The van der Waals surface area contributed by atoms with Gasteiger partial charge in [0.15, 0.2) is 12.4 Å². The van der Waals surface area contributed by atoms with E-state index in [0.717, 1.165) is 11.3 Å². The first kappa shape index (κ1) is 16.1. The zero-order valence-corrected chi connectivity index (χ0v) is 13.5. The van der Waals surface area contributed by atoms with Crippen LogP contribution in [0.4, 0.5) is 5.69 Å². The predicted molar refractivity (Wildman–Crippen MR) is 89.8 cm³/mol. The molecule has 1 N–H and O–H groups in total. The second-order valence-electron chi connectivity index (χ2n) is 5.20. The molecule has 3 rings (SSSR count). The van der Waals surface area contributed by atoms with Crippen molar-refractivity contribution in [2.24, 2.45) is 0 Å². The average molecular weight is 342 g/mol. The van der Waals surface area contributed by atoms with Crippen LogP contribution < -0.4 is 5.32 Å². The third kappa shape index (κ3) is 3.94. The molecular weight excluding hydrogens is 328 g/mol. The predicted octanol–water partition coefficient (Wildman–Crippen LogP) is 2.47. The molecule has 1 aromatic carbocycles. The van der Waals surface area contributed by atoms with Crippen LogP contribution in [0.1, 0.15) is 28.0 Å². The number of nitrogens with zero attached hydrogens (tertiary/aromatic N) is 1. The number of nitrogens with one attached hydrogen (secondary N) is 1. The number of rotatable bonds is 5. The van der Waals surface area contributed by atoms with Crippen molar-refractivity contribution >= 4 is 40.8 Å². The number of hydrogen-bond donors (Lipinski definition) is 1. The van der Waals surface area contributed by atoms with Gasteiger partial charge in [-0.3, -0.25) is 9.59 Å². The Morgan fingerprint density at radius 2 is 2.21 bits per heavy atom. The lowest BCUT2D eigenvalue weighted by Gasteiger charge is -2.17. The molecule has 7 heteroatoms. The summed E-state index contributed by atoms with van der Waals surface area (Å²) in [5, 5.41) is 4.55. The summed E-state index contributed by atoms with van der Waals surface area (Å²) in [7, 11) is 0. The lowest BCUT2D eigenvalue weighted by molar-refractivity contribution is -0.136. The highest BCUT2D eigenvalue weighted by molar-refractivity contribution is 7.07. The fourth-order valence-corrected chi connectivity index (χ4v) is 2.80. The van der Waals surface area contributed by atoms with Crippen molar-refractivity contribution in [1.82, 2.24) is 4.98 Å². The van der Waals surface area contributed by atoms with Gasteiger partial charge in [0.1, 0.15) is 0 Å². The van der Waals surface area contributed by atoms with E-state index in [4.69, 9.17) is 4.74 Å². The van der Waals surface area contributed by atoms with Crippen molar-refractivity contribution in [2.75, 3.05) is 11.9 Å². The van der Waals surface area contributed by atoms with Crippen LogP contribution in [0.25, 0.3) is 6.08 Å². The summed E-state index contributed by atoms with van der Waals surface area (Å²) >= 11 is 1.42. The maximum atomic E-state index is 12.1. The van der Waals surface area contributed by atoms with E-state index in [1.165, 1.54) is 23.5 Å². The molecule has 0 atom stereocenters. The number of ketones is 1. The zero-order valence-electron chi connectivity index (χ0n) is 12.7. The molecular formula is C17H14N2O4S. The maximum absolute atomic E-state index is 12.1. The Kier molecular flexibility index (Phi) is 4.81. The summed E-state index contributed by atoms with van der Waals surface area (Å²) in [6, 6.07) is 5.05. The molecule has 0 saturated carbocycles. The monoisotopic (exact) mass is 342 g/mol. The van der Waals surface area contributed by atoms with E-state index in [1.54, 1.807) is 29.1 Å². The topological polar surface area (TPSA) is 85.4 Å². The molecule has 1 aliphatic rings. The fraction of sp³-hybridized carbons (Fsp3) is 0.176. The van der Waals surface area contributed by atoms with E-state index in [-0.39, 0.29) is 18.3 Å². The number of aromatic nitrogens is 1. The van der Waals surface area contributed by atoms with Crippen LogP contribution in [-0.4, -0.2) is 29.3 Å². The number of carbonyl (C=O) groups is 3. The van der Waals surface area contributed by atoms with Crippen LogP contribution in [0.15, 0.2) is 35.2 Å². The number of esters is 1. The molecule has 0 unspecified atom stereocenters. The van der Waals surface area contributed by atoms with E-state index in [0.29, 0.717) is 24.1 Å². The summed E-state index contributed by atoms with van der Waals surface area (Å²) in [4.78, 5) is 39.1. The van der Waals surface area contributed by atoms with Gasteiger partial charge in [-0.15, -0.1) is 11.3 Å². The highest BCUT2D eigenvalue weighted by Gasteiger charge is 2.17. The molecule has 2 aromatic rings. The van der Waals surface area contributed by atoms with Gasteiger partial charge in [0.2, 0.25) is 5.91 Å². The third-order valence-corrected chi connectivity index (χ3v) is 4.11. The van der Waals surface area contributed by atoms with Gasteiger partial charge in [-0.05, 0) is 36.3 Å². The SMILES string of the molecule is O=C1CCc2cc(C(=O)COC(=O)/C=C/c3cscn3)ccc2N1. The maximum Gasteiger partial charge on any atom is 0.331 e. The summed E-state index contributed by atoms with van der Waals surface area (Å²) in [6.45, 7) is -0.328. The summed E-state index contributed by atoms with van der Waals surface area (Å²) in [5.74, 6) is -0.908. The number of Topliss-reactive ketones (excluding diaryl/α,β-unsaturated/α-hetero) is 1. The second-order valence-corrected chi connectivity index (χ2v) is 5.92. The first-order valence-electron chi connectivity index (χ1n) is 7.31. The Labute approximate surface area is 142 Å². The van der Waals surface area contributed by atoms with Crippen LogP contribution in [0, 0.1) is 0 Å². The molecule has 0 spiro atoms. The smallest absolute Gasteiger partial charge is 0.331 e. The Morgan fingerprint density at radius 3 is 3.00 bits per heavy atom.